The smallest absolute Gasteiger partial charge is 0.311 e. The lowest BCUT2D eigenvalue weighted by Gasteiger charge is -2.22. The van der Waals surface area contributed by atoms with E-state index in [9.17, 15) is 14.7 Å². The number of hydrogen-bond donors (Lipinski definition) is 1. The maximum Gasteiger partial charge on any atom is 0.311 e. The number of hydrogen-bond acceptors (Lipinski definition) is 5. The molecule has 1 atom stereocenters. The van der Waals surface area contributed by atoms with E-state index in [-0.39, 0.29) is 18.0 Å². The van der Waals surface area contributed by atoms with E-state index in [2.05, 4.69) is 20.8 Å². The Bertz CT molecular complexity index is 651. The van der Waals surface area contributed by atoms with Gasteiger partial charge in [0.25, 0.3) is 0 Å². The van der Waals surface area contributed by atoms with Crippen LogP contribution in [0, 0.1) is 11.3 Å². The SMILES string of the molecule is CCCCCCCCCOC(=O)C(C)(C)CCCCCC(O)CCCCCCC(=O)OCCCC(CCCCC)CCCCC. The van der Waals surface area contributed by atoms with Crippen LogP contribution in [0.15, 0.2) is 0 Å². The van der Waals surface area contributed by atoms with Crippen LogP contribution in [0.2, 0.25) is 0 Å². The van der Waals surface area contributed by atoms with E-state index in [4.69, 9.17) is 9.47 Å². The molecule has 0 aromatic rings. The summed E-state index contributed by atoms with van der Waals surface area (Å²) in [4.78, 5) is 24.6. The third-order valence-electron chi connectivity index (χ3n) is 9.49. The van der Waals surface area contributed by atoms with Crippen molar-refractivity contribution in [3.63, 3.8) is 0 Å². The van der Waals surface area contributed by atoms with Gasteiger partial charge < -0.3 is 14.6 Å². The minimum atomic E-state index is -0.434. The lowest BCUT2D eigenvalue weighted by atomic mass is 9.86. The van der Waals surface area contributed by atoms with Crippen LogP contribution in [-0.2, 0) is 19.1 Å². The van der Waals surface area contributed by atoms with Crippen molar-refractivity contribution in [1.29, 1.82) is 0 Å². The highest BCUT2D eigenvalue weighted by Gasteiger charge is 2.28. The predicted molar refractivity (Wildman–Crippen MR) is 191 cm³/mol. The third-order valence-corrected chi connectivity index (χ3v) is 9.49. The van der Waals surface area contributed by atoms with Crippen LogP contribution in [0.5, 0.6) is 0 Å². The van der Waals surface area contributed by atoms with Crippen LogP contribution in [0.3, 0.4) is 0 Å². The molecule has 0 saturated heterocycles. The van der Waals surface area contributed by atoms with Gasteiger partial charge in [0.05, 0.1) is 24.7 Å². The topological polar surface area (TPSA) is 72.8 Å². The van der Waals surface area contributed by atoms with E-state index in [1.54, 1.807) is 0 Å². The Hall–Kier alpha value is -1.10. The Morgan fingerprint density at radius 2 is 0.978 bits per heavy atom. The number of unbranched alkanes of at least 4 members (excludes halogenated alkanes) is 15. The normalized spacial score (nSPS) is 12.5. The highest BCUT2D eigenvalue weighted by Crippen LogP contribution is 2.26. The zero-order valence-electron chi connectivity index (χ0n) is 30.9. The summed E-state index contributed by atoms with van der Waals surface area (Å²) in [5.74, 6) is 0.679. The van der Waals surface area contributed by atoms with Gasteiger partial charge in [-0.3, -0.25) is 9.59 Å². The van der Waals surface area contributed by atoms with Crippen molar-refractivity contribution in [3.8, 4) is 0 Å². The van der Waals surface area contributed by atoms with E-state index in [1.807, 2.05) is 13.8 Å². The third kappa shape index (κ3) is 28.8. The molecule has 0 aliphatic carbocycles. The first kappa shape index (κ1) is 43.9. The van der Waals surface area contributed by atoms with E-state index in [0.717, 1.165) is 89.4 Å². The fourth-order valence-corrected chi connectivity index (χ4v) is 6.22. The summed E-state index contributed by atoms with van der Waals surface area (Å²) >= 11 is 0. The van der Waals surface area contributed by atoms with Crippen LogP contribution in [0.1, 0.15) is 214 Å². The Balaban J connectivity index is 3.74. The molecule has 0 saturated carbocycles. The van der Waals surface area contributed by atoms with Crippen LogP contribution in [0.4, 0.5) is 0 Å². The Labute approximate surface area is 280 Å². The monoisotopic (exact) mass is 639 g/mol. The summed E-state index contributed by atoms with van der Waals surface area (Å²) in [7, 11) is 0. The second-order valence-electron chi connectivity index (χ2n) is 14.6. The molecular weight excluding hydrogens is 560 g/mol. The maximum atomic E-state index is 12.5. The number of carbonyl (C=O) groups is 2. The number of rotatable bonds is 34. The first-order chi connectivity index (χ1) is 21.8. The van der Waals surface area contributed by atoms with Crippen molar-refractivity contribution in [2.45, 2.75) is 221 Å². The minimum Gasteiger partial charge on any atom is -0.466 e. The zero-order chi connectivity index (χ0) is 33.4. The van der Waals surface area contributed by atoms with E-state index >= 15 is 0 Å². The molecular formula is C40H78O5. The number of carbonyl (C=O) groups excluding carboxylic acids is 2. The standard InChI is InChI=1S/C40H78O5/c1-6-9-12-13-14-17-25-34-45-39(43)40(4,5)33-24-18-22-31-37(41)30-21-15-16-23-32-38(42)44-35-26-29-36(27-19-10-7-2)28-20-11-8-3/h36-37,41H,6-35H2,1-5H3. The molecule has 1 N–H and O–H groups in total. The van der Waals surface area contributed by atoms with Gasteiger partial charge in [0.2, 0.25) is 0 Å². The van der Waals surface area contributed by atoms with Gasteiger partial charge in [-0.1, -0.05) is 149 Å². The second-order valence-corrected chi connectivity index (χ2v) is 14.6. The van der Waals surface area contributed by atoms with Crippen molar-refractivity contribution in [2.75, 3.05) is 13.2 Å². The predicted octanol–water partition coefficient (Wildman–Crippen LogP) is 12.1. The van der Waals surface area contributed by atoms with Gasteiger partial charge in [0, 0.05) is 6.42 Å². The zero-order valence-corrected chi connectivity index (χ0v) is 30.9. The molecule has 268 valence electrons. The molecule has 0 heterocycles. The number of esters is 2. The van der Waals surface area contributed by atoms with Gasteiger partial charge in [-0.05, 0) is 64.7 Å². The summed E-state index contributed by atoms with van der Waals surface area (Å²) in [6.45, 7) is 11.9. The van der Waals surface area contributed by atoms with E-state index in [0.29, 0.717) is 19.6 Å². The van der Waals surface area contributed by atoms with E-state index in [1.165, 1.54) is 89.9 Å². The molecule has 0 rings (SSSR count). The van der Waals surface area contributed by atoms with Crippen molar-refractivity contribution >= 4 is 11.9 Å². The molecule has 0 aromatic heterocycles. The largest absolute Gasteiger partial charge is 0.466 e. The van der Waals surface area contributed by atoms with Gasteiger partial charge in [0.15, 0.2) is 0 Å². The summed E-state index contributed by atoms with van der Waals surface area (Å²) in [5.41, 5.74) is -0.434. The van der Waals surface area contributed by atoms with Gasteiger partial charge in [-0.2, -0.15) is 0 Å². The molecule has 5 nitrogen and oxygen atoms in total. The molecule has 45 heavy (non-hydrogen) atoms. The van der Waals surface area contributed by atoms with Crippen LogP contribution in [0.25, 0.3) is 0 Å². The lowest BCUT2D eigenvalue weighted by Crippen LogP contribution is -2.27. The summed E-state index contributed by atoms with van der Waals surface area (Å²) in [5, 5.41) is 10.4. The Kier molecular flexibility index (Phi) is 30.7. The number of aliphatic hydroxyl groups excluding tert-OH is 1. The van der Waals surface area contributed by atoms with Crippen molar-refractivity contribution in [3.05, 3.63) is 0 Å². The highest BCUT2D eigenvalue weighted by atomic mass is 16.5. The highest BCUT2D eigenvalue weighted by molar-refractivity contribution is 5.75. The van der Waals surface area contributed by atoms with Gasteiger partial charge in [-0.25, -0.2) is 0 Å². The Morgan fingerprint density at radius 1 is 0.533 bits per heavy atom. The second kappa shape index (κ2) is 31.5. The molecule has 1 unspecified atom stereocenters. The fraction of sp³-hybridized carbons (Fsp3) is 0.950. The molecule has 5 heteroatoms. The Morgan fingerprint density at radius 3 is 1.60 bits per heavy atom. The minimum absolute atomic E-state index is 0.0480. The van der Waals surface area contributed by atoms with Crippen molar-refractivity contribution in [2.24, 2.45) is 11.3 Å². The molecule has 0 fully saturated rings. The van der Waals surface area contributed by atoms with Gasteiger partial charge >= 0.3 is 11.9 Å². The van der Waals surface area contributed by atoms with Crippen LogP contribution in [-0.4, -0.2) is 36.4 Å². The maximum absolute atomic E-state index is 12.5. The quantitative estimate of drug-likeness (QED) is 0.0561. The average Bonchev–Trinajstić information content (AvgIpc) is 3.01. The van der Waals surface area contributed by atoms with Crippen molar-refractivity contribution in [1.82, 2.24) is 0 Å². The molecule has 0 aliphatic rings. The summed E-state index contributed by atoms with van der Waals surface area (Å²) in [6, 6.07) is 0. The van der Waals surface area contributed by atoms with Crippen LogP contribution < -0.4 is 0 Å². The van der Waals surface area contributed by atoms with Gasteiger partial charge in [0.1, 0.15) is 0 Å². The first-order valence-corrected chi connectivity index (χ1v) is 19.8. The summed E-state index contributed by atoms with van der Waals surface area (Å²) in [6.07, 6.45) is 31.0. The average molecular weight is 639 g/mol. The lowest BCUT2D eigenvalue weighted by molar-refractivity contribution is -0.154. The molecule has 0 spiro atoms. The van der Waals surface area contributed by atoms with E-state index < -0.39 is 5.41 Å². The molecule has 0 aromatic carbocycles. The number of ether oxygens (including phenoxy) is 2. The fourth-order valence-electron chi connectivity index (χ4n) is 6.22. The van der Waals surface area contributed by atoms with Gasteiger partial charge in [-0.15, -0.1) is 0 Å². The molecule has 0 bridgehead atoms. The molecule has 0 aliphatic heterocycles. The molecule has 0 radical (unpaired) electrons. The van der Waals surface area contributed by atoms with Crippen LogP contribution >= 0.6 is 0 Å². The molecule has 0 amide bonds. The number of aliphatic hydroxyl groups is 1. The summed E-state index contributed by atoms with van der Waals surface area (Å²) < 4.78 is 11.1. The van der Waals surface area contributed by atoms with Crippen molar-refractivity contribution < 1.29 is 24.2 Å². The first-order valence-electron chi connectivity index (χ1n) is 19.8.